The SMILES string of the molecule is COCCNC(=O)[C@H](c1ccccc1)N(CCc1ccccc1)C(=O)Cn1nnc2ccccc21. The number of methoxy groups -OCH3 is 1. The highest BCUT2D eigenvalue weighted by atomic mass is 16.5. The summed E-state index contributed by atoms with van der Waals surface area (Å²) in [5, 5.41) is 11.2. The Hall–Kier alpha value is -4.04. The number of carbonyl (C=O) groups excluding carboxylic acids is 2. The predicted molar refractivity (Wildman–Crippen MR) is 133 cm³/mol. The molecular formula is C27H29N5O3. The molecule has 8 nitrogen and oxygen atoms in total. The summed E-state index contributed by atoms with van der Waals surface area (Å²) in [6, 6.07) is 26.0. The molecule has 0 fully saturated rings. The quantitative estimate of drug-likeness (QED) is 0.340. The first-order valence-corrected chi connectivity index (χ1v) is 11.6. The molecule has 1 aromatic heterocycles. The van der Waals surface area contributed by atoms with Gasteiger partial charge in [-0.25, -0.2) is 4.68 Å². The van der Waals surface area contributed by atoms with E-state index in [1.165, 1.54) is 0 Å². The highest BCUT2D eigenvalue weighted by molar-refractivity contribution is 5.89. The predicted octanol–water partition coefficient (Wildman–Crippen LogP) is 3.01. The summed E-state index contributed by atoms with van der Waals surface area (Å²) in [5.74, 6) is -0.467. The van der Waals surface area contributed by atoms with Gasteiger partial charge in [0.05, 0.1) is 12.1 Å². The van der Waals surface area contributed by atoms with Crippen molar-refractivity contribution in [3.05, 3.63) is 96.1 Å². The van der Waals surface area contributed by atoms with E-state index in [0.29, 0.717) is 31.6 Å². The van der Waals surface area contributed by atoms with Gasteiger partial charge in [0.25, 0.3) is 0 Å². The van der Waals surface area contributed by atoms with Crippen LogP contribution in [0.15, 0.2) is 84.9 Å². The number of fused-ring (bicyclic) bond motifs is 1. The van der Waals surface area contributed by atoms with Gasteiger partial charge >= 0.3 is 0 Å². The maximum absolute atomic E-state index is 13.8. The van der Waals surface area contributed by atoms with Crippen LogP contribution in [0, 0.1) is 0 Å². The monoisotopic (exact) mass is 471 g/mol. The van der Waals surface area contributed by atoms with E-state index in [2.05, 4.69) is 15.6 Å². The summed E-state index contributed by atoms with van der Waals surface area (Å²) < 4.78 is 6.67. The first-order chi connectivity index (χ1) is 17.2. The zero-order valence-electron chi connectivity index (χ0n) is 19.7. The topological polar surface area (TPSA) is 89.4 Å². The van der Waals surface area contributed by atoms with Crippen molar-refractivity contribution in [1.29, 1.82) is 0 Å². The summed E-state index contributed by atoms with van der Waals surface area (Å²) in [6.07, 6.45) is 0.610. The largest absolute Gasteiger partial charge is 0.383 e. The van der Waals surface area contributed by atoms with Crippen LogP contribution in [0.4, 0.5) is 0 Å². The molecule has 8 heteroatoms. The maximum atomic E-state index is 13.8. The van der Waals surface area contributed by atoms with E-state index in [9.17, 15) is 9.59 Å². The van der Waals surface area contributed by atoms with Crippen molar-refractivity contribution in [3.63, 3.8) is 0 Å². The number of hydrogen-bond acceptors (Lipinski definition) is 5. The molecule has 180 valence electrons. The Morgan fingerprint density at radius 2 is 1.66 bits per heavy atom. The third-order valence-electron chi connectivity index (χ3n) is 5.79. The van der Waals surface area contributed by atoms with Crippen LogP contribution < -0.4 is 5.32 Å². The molecule has 0 spiro atoms. The van der Waals surface area contributed by atoms with Gasteiger partial charge in [-0.2, -0.15) is 0 Å². The molecule has 1 heterocycles. The van der Waals surface area contributed by atoms with E-state index in [-0.39, 0.29) is 18.4 Å². The minimum absolute atomic E-state index is 0.0238. The first-order valence-electron chi connectivity index (χ1n) is 11.6. The van der Waals surface area contributed by atoms with Gasteiger partial charge in [-0.15, -0.1) is 5.10 Å². The fourth-order valence-corrected chi connectivity index (χ4v) is 4.03. The smallest absolute Gasteiger partial charge is 0.247 e. The maximum Gasteiger partial charge on any atom is 0.247 e. The van der Waals surface area contributed by atoms with Gasteiger partial charge in [0.1, 0.15) is 18.1 Å². The Labute approximate surface area is 204 Å². The Morgan fingerprint density at radius 3 is 2.40 bits per heavy atom. The highest BCUT2D eigenvalue weighted by Gasteiger charge is 2.31. The lowest BCUT2D eigenvalue weighted by molar-refractivity contribution is -0.141. The fraction of sp³-hybridized carbons (Fsp3) is 0.259. The second-order valence-electron chi connectivity index (χ2n) is 8.16. The number of nitrogens with one attached hydrogen (secondary N) is 1. The molecule has 0 unspecified atom stereocenters. The summed E-state index contributed by atoms with van der Waals surface area (Å²) in [6.45, 7) is 1.08. The van der Waals surface area contributed by atoms with Crippen molar-refractivity contribution in [1.82, 2.24) is 25.2 Å². The number of amides is 2. The van der Waals surface area contributed by atoms with Crippen LogP contribution in [-0.2, 0) is 27.3 Å². The van der Waals surface area contributed by atoms with Gasteiger partial charge < -0.3 is 15.0 Å². The van der Waals surface area contributed by atoms with Crippen LogP contribution in [0.2, 0.25) is 0 Å². The number of hydrogen-bond donors (Lipinski definition) is 1. The molecule has 4 aromatic rings. The molecule has 0 aliphatic heterocycles. The van der Waals surface area contributed by atoms with E-state index in [4.69, 9.17) is 4.74 Å². The number of aromatic nitrogens is 3. The third-order valence-corrected chi connectivity index (χ3v) is 5.79. The summed E-state index contributed by atoms with van der Waals surface area (Å²) in [5.41, 5.74) is 3.31. The van der Waals surface area contributed by atoms with Crippen molar-refractivity contribution in [2.45, 2.75) is 19.0 Å². The van der Waals surface area contributed by atoms with Crippen molar-refractivity contribution in [2.75, 3.05) is 26.8 Å². The lowest BCUT2D eigenvalue weighted by Crippen LogP contribution is -2.46. The zero-order valence-corrected chi connectivity index (χ0v) is 19.7. The fourth-order valence-electron chi connectivity index (χ4n) is 4.03. The summed E-state index contributed by atoms with van der Waals surface area (Å²) in [7, 11) is 1.58. The Bertz CT molecular complexity index is 1240. The van der Waals surface area contributed by atoms with E-state index < -0.39 is 6.04 Å². The lowest BCUT2D eigenvalue weighted by atomic mass is 10.0. The molecule has 0 aliphatic carbocycles. The number of ether oxygens (including phenoxy) is 1. The van der Waals surface area contributed by atoms with Crippen LogP contribution in [-0.4, -0.2) is 58.5 Å². The number of para-hydroxylation sites is 1. The minimum Gasteiger partial charge on any atom is -0.383 e. The van der Waals surface area contributed by atoms with E-state index in [1.807, 2.05) is 84.9 Å². The lowest BCUT2D eigenvalue weighted by Gasteiger charge is -2.31. The van der Waals surface area contributed by atoms with Crippen molar-refractivity contribution in [2.24, 2.45) is 0 Å². The molecule has 35 heavy (non-hydrogen) atoms. The average molecular weight is 472 g/mol. The first kappa shape index (κ1) is 24.1. The van der Waals surface area contributed by atoms with Crippen molar-refractivity contribution >= 4 is 22.8 Å². The Kier molecular flexibility index (Phi) is 8.19. The Morgan fingerprint density at radius 1 is 0.971 bits per heavy atom. The summed E-state index contributed by atoms with van der Waals surface area (Å²) >= 11 is 0. The number of benzene rings is 3. The van der Waals surface area contributed by atoms with Gasteiger partial charge in [0.2, 0.25) is 11.8 Å². The van der Waals surface area contributed by atoms with Gasteiger partial charge in [-0.05, 0) is 29.7 Å². The molecule has 3 aromatic carbocycles. The number of carbonyl (C=O) groups is 2. The van der Waals surface area contributed by atoms with Gasteiger partial charge in [-0.3, -0.25) is 9.59 Å². The highest BCUT2D eigenvalue weighted by Crippen LogP contribution is 2.23. The third kappa shape index (κ3) is 6.10. The van der Waals surface area contributed by atoms with Gasteiger partial charge in [0, 0.05) is 20.2 Å². The molecule has 1 N–H and O–H groups in total. The van der Waals surface area contributed by atoms with Crippen LogP contribution in [0.25, 0.3) is 11.0 Å². The van der Waals surface area contributed by atoms with Gasteiger partial charge in [-0.1, -0.05) is 78.0 Å². The molecule has 0 saturated heterocycles. The average Bonchev–Trinajstić information content (AvgIpc) is 3.30. The van der Waals surface area contributed by atoms with Crippen molar-refractivity contribution < 1.29 is 14.3 Å². The van der Waals surface area contributed by atoms with Crippen LogP contribution in [0.5, 0.6) is 0 Å². The number of nitrogens with zero attached hydrogens (tertiary/aromatic N) is 4. The zero-order chi connectivity index (χ0) is 24.5. The Balaban J connectivity index is 1.65. The molecule has 2 amide bonds. The van der Waals surface area contributed by atoms with Crippen LogP contribution in [0.1, 0.15) is 17.2 Å². The van der Waals surface area contributed by atoms with Crippen LogP contribution in [0.3, 0.4) is 0 Å². The molecule has 1 atom stereocenters. The molecule has 0 radical (unpaired) electrons. The molecule has 0 saturated carbocycles. The second-order valence-corrected chi connectivity index (χ2v) is 8.16. The molecule has 0 aliphatic rings. The van der Waals surface area contributed by atoms with E-state index in [0.717, 1.165) is 16.6 Å². The number of rotatable bonds is 11. The minimum atomic E-state index is -0.793. The van der Waals surface area contributed by atoms with Crippen molar-refractivity contribution in [3.8, 4) is 0 Å². The molecular weight excluding hydrogens is 442 g/mol. The normalized spacial score (nSPS) is 11.8. The van der Waals surface area contributed by atoms with E-state index in [1.54, 1.807) is 16.7 Å². The van der Waals surface area contributed by atoms with E-state index >= 15 is 0 Å². The standard InChI is InChI=1S/C27H29N5O3/c1-35-19-17-28-27(34)26(22-12-6-3-7-13-22)31(18-16-21-10-4-2-5-11-21)25(33)20-32-24-15-9-8-14-23(24)29-30-32/h2-15,26H,16-20H2,1H3,(H,28,34)/t26-/m0/s1. The second kappa shape index (κ2) is 11.9. The molecule has 4 rings (SSSR count). The molecule has 0 bridgehead atoms. The summed E-state index contributed by atoms with van der Waals surface area (Å²) in [4.78, 5) is 28.8. The van der Waals surface area contributed by atoms with Gasteiger partial charge in [0.15, 0.2) is 0 Å². The van der Waals surface area contributed by atoms with Crippen LogP contribution >= 0.6 is 0 Å².